The van der Waals surface area contributed by atoms with Gasteiger partial charge in [-0.3, -0.25) is 0 Å². The van der Waals surface area contributed by atoms with Gasteiger partial charge in [-0.15, -0.1) is 0 Å². The van der Waals surface area contributed by atoms with Gasteiger partial charge >= 0.3 is 5.97 Å². The van der Waals surface area contributed by atoms with Crippen LogP contribution in [0.25, 0.3) is 6.08 Å². The number of carbonyl (C=O) groups excluding carboxylic acids is 1. The van der Waals surface area contributed by atoms with Crippen molar-refractivity contribution in [2.24, 2.45) is 10.9 Å². The van der Waals surface area contributed by atoms with Crippen LogP contribution in [0.2, 0.25) is 0 Å². The summed E-state index contributed by atoms with van der Waals surface area (Å²) in [6.07, 6.45) is 2.84. The highest BCUT2D eigenvalue weighted by Gasteiger charge is 2.04. The summed E-state index contributed by atoms with van der Waals surface area (Å²) in [5.41, 5.74) is 8.29. The lowest BCUT2D eigenvalue weighted by atomic mass is 10.1. The van der Waals surface area contributed by atoms with Gasteiger partial charge in [0.05, 0.1) is 14.2 Å². The fourth-order valence-electron chi connectivity index (χ4n) is 2.10. The van der Waals surface area contributed by atoms with Crippen molar-refractivity contribution in [3.8, 4) is 11.5 Å². The minimum absolute atomic E-state index is 0.136. The third-order valence-corrected chi connectivity index (χ3v) is 3.37. The van der Waals surface area contributed by atoms with Crippen LogP contribution in [0.15, 0.2) is 53.7 Å². The molecule has 2 aromatic rings. The molecule has 0 aromatic heterocycles. The van der Waals surface area contributed by atoms with Crippen LogP contribution in [0.4, 0.5) is 0 Å². The summed E-state index contributed by atoms with van der Waals surface area (Å²) in [4.78, 5) is 16.6. The van der Waals surface area contributed by atoms with E-state index < -0.39 is 5.97 Å². The minimum atomic E-state index is -0.634. The Bertz CT molecular complexity index is 813. The normalized spacial score (nSPS) is 11.4. The molecular weight excluding hydrogens is 320 g/mol. The quantitative estimate of drug-likeness (QED) is 0.287. The topological polar surface area (TPSA) is 83.1 Å². The van der Waals surface area contributed by atoms with Gasteiger partial charge in [0.15, 0.2) is 17.3 Å². The summed E-state index contributed by atoms with van der Waals surface area (Å²) in [6, 6.07) is 12.7. The number of benzene rings is 2. The molecule has 2 rings (SSSR count). The van der Waals surface area contributed by atoms with Gasteiger partial charge in [0.2, 0.25) is 0 Å². The maximum Gasteiger partial charge on any atom is 0.358 e. The number of ether oxygens (including phenoxy) is 2. The van der Waals surface area contributed by atoms with E-state index in [1.165, 1.54) is 6.08 Å². The number of hydrogen-bond acceptors (Lipinski definition) is 5. The van der Waals surface area contributed by atoms with Crippen molar-refractivity contribution in [1.29, 1.82) is 0 Å². The number of methoxy groups -OCH3 is 2. The average molecular weight is 340 g/mol. The van der Waals surface area contributed by atoms with Crippen LogP contribution in [-0.2, 0) is 9.63 Å². The number of carbonyl (C=O) groups is 1. The largest absolute Gasteiger partial charge is 0.493 e. The Morgan fingerprint density at radius 3 is 2.52 bits per heavy atom. The summed E-state index contributed by atoms with van der Waals surface area (Å²) < 4.78 is 10.4. The van der Waals surface area contributed by atoms with Gasteiger partial charge in [0.25, 0.3) is 0 Å². The Labute approximate surface area is 146 Å². The SMILES string of the molecule is COc1ccc(/C=C/C(=O)O/N=C(/N)c2cccc(C)c2)cc1OC. The third kappa shape index (κ3) is 5.10. The Morgan fingerprint density at radius 1 is 1.08 bits per heavy atom. The first kappa shape index (κ1) is 18.1. The maximum atomic E-state index is 11.8. The first-order valence-corrected chi connectivity index (χ1v) is 7.55. The third-order valence-electron chi connectivity index (χ3n) is 3.37. The second-order valence-corrected chi connectivity index (χ2v) is 5.20. The van der Waals surface area contributed by atoms with E-state index in [1.807, 2.05) is 25.1 Å². The highest BCUT2D eigenvalue weighted by molar-refractivity contribution is 5.98. The van der Waals surface area contributed by atoms with Crippen LogP contribution in [0.5, 0.6) is 11.5 Å². The second kappa shape index (κ2) is 8.54. The molecule has 0 aliphatic carbocycles. The summed E-state index contributed by atoms with van der Waals surface area (Å²) in [5.74, 6) is 0.680. The summed E-state index contributed by atoms with van der Waals surface area (Å²) >= 11 is 0. The molecule has 0 spiro atoms. The fourth-order valence-corrected chi connectivity index (χ4v) is 2.10. The number of hydrogen-bond donors (Lipinski definition) is 1. The number of aryl methyl sites for hydroxylation is 1. The van der Waals surface area contributed by atoms with Crippen molar-refractivity contribution in [2.75, 3.05) is 14.2 Å². The number of rotatable bonds is 6. The molecule has 0 saturated heterocycles. The zero-order valence-corrected chi connectivity index (χ0v) is 14.4. The monoisotopic (exact) mass is 340 g/mol. The molecule has 0 heterocycles. The Morgan fingerprint density at radius 2 is 1.84 bits per heavy atom. The predicted molar refractivity (Wildman–Crippen MR) is 96.6 cm³/mol. The van der Waals surface area contributed by atoms with Gasteiger partial charge in [0.1, 0.15) is 0 Å². The molecule has 130 valence electrons. The van der Waals surface area contributed by atoms with Crippen molar-refractivity contribution in [1.82, 2.24) is 0 Å². The first-order valence-electron chi connectivity index (χ1n) is 7.55. The molecule has 2 N–H and O–H groups in total. The smallest absolute Gasteiger partial charge is 0.358 e. The molecule has 0 fully saturated rings. The molecule has 0 amide bonds. The number of amidine groups is 1. The Balaban J connectivity index is 2.02. The summed E-state index contributed by atoms with van der Waals surface area (Å²) in [5, 5.41) is 3.66. The predicted octanol–water partition coefficient (Wildman–Crippen LogP) is 2.89. The van der Waals surface area contributed by atoms with Crippen LogP contribution in [0.3, 0.4) is 0 Å². The average Bonchev–Trinajstić information content (AvgIpc) is 2.64. The molecule has 6 heteroatoms. The molecule has 25 heavy (non-hydrogen) atoms. The standard InChI is InChI=1S/C19H20N2O4/c1-13-5-4-6-15(11-13)19(20)21-25-18(22)10-8-14-7-9-16(23-2)17(12-14)24-3/h4-12H,1-3H3,(H2,20,21)/b10-8+. The molecule has 2 aromatic carbocycles. The van der Waals surface area contributed by atoms with Gasteiger partial charge in [-0.2, -0.15) is 0 Å². The molecule has 0 saturated carbocycles. The number of oxime groups is 1. The highest BCUT2D eigenvalue weighted by Crippen LogP contribution is 2.27. The summed E-state index contributed by atoms with van der Waals surface area (Å²) in [6.45, 7) is 1.94. The molecular formula is C19H20N2O4. The van der Waals surface area contributed by atoms with Crippen LogP contribution in [-0.4, -0.2) is 26.0 Å². The lowest BCUT2D eigenvalue weighted by Crippen LogP contribution is -2.14. The minimum Gasteiger partial charge on any atom is -0.493 e. The van der Waals surface area contributed by atoms with Gasteiger partial charge in [0, 0.05) is 11.6 Å². The van der Waals surface area contributed by atoms with E-state index in [9.17, 15) is 4.79 Å². The number of nitrogens with zero attached hydrogens (tertiary/aromatic N) is 1. The van der Waals surface area contributed by atoms with Crippen molar-refractivity contribution in [3.05, 3.63) is 65.2 Å². The van der Waals surface area contributed by atoms with E-state index >= 15 is 0 Å². The van der Waals surface area contributed by atoms with E-state index in [-0.39, 0.29) is 5.84 Å². The molecule has 0 unspecified atom stereocenters. The lowest BCUT2D eigenvalue weighted by Gasteiger charge is -2.07. The first-order chi connectivity index (χ1) is 12.0. The van der Waals surface area contributed by atoms with E-state index in [4.69, 9.17) is 20.0 Å². The van der Waals surface area contributed by atoms with Crippen molar-refractivity contribution in [3.63, 3.8) is 0 Å². The van der Waals surface area contributed by atoms with E-state index in [1.54, 1.807) is 44.6 Å². The highest BCUT2D eigenvalue weighted by atomic mass is 16.7. The maximum absolute atomic E-state index is 11.8. The molecule has 0 atom stereocenters. The number of nitrogens with two attached hydrogens (primary N) is 1. The van der Waals surface area contributed by atoms with Crippen LogP contribution in [0.1, 0.15) is 16.7 Å². The molecule has 0 aliphatic heterocycles. The zero-order valence-electron chi connectivity index (χ0n) is 14.4. The molecule has 0 bridgehead atoms. The van der Waals surface area contributed by atoms with Crippen molar-refractivity contribution in [2.45, 2.75) is 6.92 Å². The lowest BCUT2D eigenvalue weighted by molar-refractivity contribution is -0.137. The van der Waals surface area contributed by atoms with Crippen LogP contribution in [0, 0.1) is 6.92 Å². The molecule has 0 radical (unpaired) electrons. The van der Waals surface area contributed by atoms with Gasteiger partial charge in [-0.05, 0) is 36.8 Å². The van der Waals surface area contributed by atoms with Gasteiger partial charge in [-0.25, -0.2) is 4.79 Å². The van der Waals surface area contributed by atoms with Gasteiger partial charge < -0.3 is 20.0 Å². The van der Waals surface area contributed by atoms with Crippen LogP contribution < -0.4 is 15.2 Å². The van der Waals surface area contributed by atoms with Crippen LogP contribution >= 0.6 is 0 Å². The molecule has 6 nitrogen and oxygen atoms in total. The van der Waals surface area contributed by atoms with Crippen molar-refractivity contribution < 1.29 is 19.1 Å². The summed E-state index contributed by atoms with van der Waals surface area (Å²) in [7, 11) is 3.10. The second-order valence-electron chi connectivity index (χ2n) is 5.20. The van der Waals surface area contributed by atoms with E-state index in [0.29, 0.717) is 17.1 Å². The van der Waals surface area contributed by atoms with Gasteiger partial charge in [-0.1, -0.05) is 35.0 Å². The Hall–Kier alpha value is -3.28. The fraction of sp³-hybridized carbons (Fsp3) is 0.158. The van der Waals surface area contributed by atoms with Crippen molar-refractivity contribution >= 4 is 17.9 Å². The molecule has 0 aliphatic rings. The van der Waals surface area contributed by atoms with E-state index in [2.05, 4.69) is 5.16 Å². The van der Waals surface area contributed by atoms with E-state index in [0.717, 1.165) is 11.1 Å². The zero-order chi connectivity index (χ0) is 18.2. The Kier molecular flexibility index (Phi) is 6.17.